The fourth-order valence-electron chi connectivity index (χ4n) is 3.00. The molecule has 8 nitrogen and oxygen atoms in total. The van der Waals surface area contributed by atoms with Gasteiger partial charge in [0.15, 0.2) is 11.0 Å². The predicted molar refractivity (Wildman–Crippen MR) is 129 cm³/mol. The minimum atomic E-state index is -0.302. The summed E-state index contributed by atoms with van der Waals surface area (Å²) in [5, 5.41) is 15.0. The zero-order valence-corrected chi connectivity index (χ0v) is 19.1. The molecule has 0 saturated carbocycles. The number of hydrogen-bond donors (Lipinski definition) is 2. The smallest absolute Gasteiger partial charge is 0.257 e. The van der Waals surface area contributed by atoms with Crippen LogP contribution in [0.15, 0.2) is 78.2 Å². The topological polar surface area (TPSA) is 102 Å². The summed E-state index contributed by atoms with van der Waals surface area (Å²) in [4.78, 5) is 28.7. The highest BCUT2D eigenvalue weighted by atomic mass is 35.5. The number of carbonyl (C=O) groups is 2. The van der Waals surface area contributed by atoms with Gasteiger partial charge in [-0.2, -0.15) is 0 Å². The highest BCUT2D eigenvalue weighted by Crippen LogP contribution is 2.23. The van der Waals surface area contributed by atoms with E-state index in [0.29, 0.717) is 32.9 Å². The van der Waals surface area contributed by atoms with Crippen LogP contribution in [-0.4, -0.2) is 37.3 Å². The van der Waals surface area contributed by atoms with Crippen LogP contribution in [0.5, 0.6) is 0 Å². The van der Waals surface area contributed by atoms with Crippen molar-refractivity contribution in [3.8, 4) is 11.4 Å². The van der Waals surface area contributed by atoms with Crippen molar-refractivity contribution in [1.82, 2.24) is 19.7 Å². The zero-order chi connectivity index (χ0) is 23.2. The van der Waals surface area contributed by atoms with Crippen molar-refractivity contribution < 1.29 is 9.59 Å². The van der Waals surface area contributed by atoms with Crippen LogP contribution < -0.4 is 10.6 Å². The Hall–Kier alpha value is -3.69. The van der Waals surface area contributed by atoms with Gasteiger partial charge in [0, 0.05) is 36.4 Å². The fraction of sp³-hybridized carbons (Fsp3) is 0.0870. The van der Waals surface area contributed by atoms with Crippen molar-refractivity contribution in [2.45, 2.75) is 5.16 Å². The van der Waals surface area contributed by atoms with Gasteiger partial charge in [0.05, 0.1) is 16.3 Å². The van der Waals surface area contributed by atoms with Gasteiger partial charge in [-0.05, 0) is 48.5 Å². The summed E-state index contributed by atoms with van der Waals surface area (Å²) in [7, 11) is 1.85. The lowest BCUT2D eigenvalue weighted by Crippen LogP contribution is -2.15. The first kappa shape index (κ1) is 22.5. The molecule has 0 aliphatic carbocycles. The molecule has 0 aliphatic rings. The summed E-state index contributed by atoms with van der Waals surface area (Å²) < 4.78 is 1.84. The molecule has 33 heavy (non-hydrogen) atoms. The molecule has 2 amide bonds. The van der Waals surface area contributed by atoms with E-state index >= 15 is 0 Å². The average molecular weight is 479 g/mol. The van der Waals surface area contributed by atoms with Gasteiger partial charge >= 0.3 is 0 Å². The first-order chi connectivity index (χ1) is 16.0. The number of rotatable bonds is 7. The molecule has 2 N–H and O–H groups in total. The molecule has 2 aromatic heterocycles. The summed E-state index contributed by atoms with van der Waals surface area (Å²) in [5.41, 5.74) is 2.50. The maximum Gasteiger partial charge on any atom is 0.257 e. The van der Waals surface area contributed by atoms with Crippen LogP contribution in [-0.2, 0) is 11.8 Å². The van der Waals surface area contributed by atoms with E-state index in [4.69, 9.17) is 11.6 Å². The van der Waals surface area contributed by atoms with Crippen LogP contribution in [0.4, 0.5) is 11.4 Å². The van der Waals surface area contributed by atoms with E-state index in [2.05, 4.69) is 25.8 Å². The number of thioether (sulfide) groups is 1. The van der Waals surface area contributed by atoms with E-state index in [1.807, 2.05) is 23.7 Å². The van der Waals surface area contributed by atoms with E-state index in [0.717, 1.165) is 5.56 Å². The van der Waals surface area contributed by atoms with E-state index < -0.39 is 0 Å². The summed E-state index contributed by atoms with van der Waals surface area (Å²) >= 11 is 7.35. The number of hydrogen-bond acceptors (Lipinski definition) is 6. The molecule has 166 valence electrons. The van der Waals surface area contributed by atoms with Crippen LogP contribution >= 0.6 is 23.4 Å². The lowest BCUT2D eigenvalue weighted by atomic mass is 10.2. The zero-order valence-electron chi connectivity index (χ0n) is 17.5. The largest absolute Gasteiger partial charge is 0.325 e. The molecule has 0 unspecified atom stereocenters. The molecule has 4 rings (SSSR count). The number of halogens is 1. The third-order valence-electron chi connectivity index (χ3n) is 4.65. The van der Waals surface area contributed by atoms with Gasteiger partial charge in [-0.15, -0.1) is 10.2 Å². The molecule has 10 heteroatoms. The molecule has 0 radical (unpaired) electrons. The van der Waals surface area contributed by atoms with Crippen LogP contribution in [0.25, 0.3) is 11.4 Å². The molecular formula is C23H19ClN6O2S. The van der Waals surface area contributed by atoms with Crippen LogP contribution in [0, 0.1) is 0 Å². The predicted octanol–water partition coefficient (Wildman–Crippen LogP) is 4.51. The van der Waals surface area contributed by atoms with Crippen LogP contribution in [0.3, 0.4) is 0 Å². The molecule has 0 bridgehead atoms. The van der Waals surface area contributed by atoms with Gasteiger partial charge in [-0.3, -0.25) is 14.6 Å². The second kappa shape index (κ2) is 10.3. The minimum Gasteiger partial charge on any atom is -0.325 e. The number of carbonyl (C=O) groups excluding carboxylic acids is 2. The standard InChI is InChI=1S/C23H19ClN6O2S/c1-30-21(15-10-12-25-13-11-15)28-29-23(30)33-14-20(31)26-16-6-8-17(9-7-16)27-22(32)18-4-2-3-5-19(18)24/h2-13H,14H2,1H3,(H,26,31)(H,27,32). The van der Waals surface area contributed by atoms with E-state index in [1.165, 1.54) is 11.8 Å². The molecule has 0 fully saturated rings. The van der Waals surface area contributed by atoms with Crippen LogP contribution in [0.1, 0.15) is 10.4 Å². The van der Waals surface area contributed by atoms with Gasteiger partial charge < -0.3 is 15.2 Å². The summed E-state index contributed by atoms with van der Waals surface area (Å²) in [6, 6.07) is 17.4. The van der Waals surface area contributed by atoms with Crippen molar-refractivity contribution in [1.29, 1.82) is 0 Å². The third-order valence-corrected chi connectivity index (χ3v) is 6.00. The summed E-state index contributed by atoms with van der Waals surface area (Å²) in [6.45, 7) is 0. The Balaban J connectivity index is 1.31. The van der Waals surface area contributed by atoms with E-state index in [9.17, 15) is 9.59 Å². The summed E-state index contributed by atoms with van der Waals surface area (Å²) in [5.74, 6) is 0.396. The maximum atomic E-state index is 12.4. The molecule has 0 atom stereocenters. The Morgan fingerprint density at radius 2 is 1.61 bits per heavy atom. The Labute approximate surface area is 199 Å². The Morgan fingerprint density at radius 3 is 2.30 bits per heavy atom. The molecular weight excluding hydrogens is 460 g/mol. The number of aromatic nitrogens is 4. The number of pyridine rings is 1. The van der Waals surface area contributed by atoms with Gasteiger partial charge in [0.1, 0.15) is 0 Å². The van der Waals surface area contributed by atoms with E-state index in [1.54, 1.807) is 60.9 Å². The molecule has 0 saturated heterocycles. The molecule has 2 heterocycles. The quantitative estimate of drug-likeness (QED) is 0.379. The average Bonchev–Trinajstić information content (AvgIpc) is 3.20. The first-order valence-electron chi connectivity index (χ1n) is 9.89. The van der Waals surface area contributed by atoms with Crippen molar-refractivity contribution in [2.75, 3.05) is 16.4 Å². The van der Waals surface area contributed by atoms with Crippen molar-refractivity contribution in [3.05, 3.63) is 83.6 Å². The minimum absolute atomic E-state index is 0.174. The van der Waals surface area contributed by atoms with Gasteiger partial charge in [-0.1, -0.05) is 35.5 Å². The number of nitrogens with zero attached hydrogens (tertiary/aromatic N) is 4. The highest BCUT2D eigenvalue weighted by molar-refractivity contribution is 7.99. The van der Waals surface area contributed by atoms with Gasteiger partial charge in [-0.25, -0.2) is 0 Å². The molecule has 0 spiro atoms. The Morgan fingerprint density at radius 1 is 0.939 bits per heavy atom. The SMILES string of the molecule is Cn1c(SCC(=O)Nc2ccc(NC(=O)c3ccccc3Cl)cc2)nnc1-c1ccncc1. The van der Waals surface area contributed by atoms with Gasteiger partial charge in [0.2, 0.25) is 5.91 Å². The lowest BCUT2D eigenvalue weighted by molar-refractivity contribution is -0.113. The first-order valence-corrected chi connectivity index (χ1v) is 11.3. The Kier molecular flexibility index (Phi) is 7.01. The van der Waals surface area contributed by atoms with Crippen molar-refractivity contribution in [3.63, 3.8) is 0 Å². The number of anilines is 2. The monoisotopic (exact) mass is 478 g/mol. The van der Waals surface area contributed by atoms with Crippen molar-refractivity contribution in [2.24, 2.45) is 7.05 Å². The van der Waals surface area contributed by atoms with Gasteiger partial charge in [0.25, 0.3) is 5.91 Å². The highest BCUT2D eigenvalue weighted by Gasteiger charge is 2.13. The second-order valence-corrected chi connectivity index (χ2v) is 8.30. The van der Waals surface area contributed by atoms with Crippen molar-refractivity contribution >= 4 is 46.6 Å². The van der Waals surface area contributed by atoms with Crippen LogP contribution in [0.2, 0.25) is 5.02 Å². The fourth-order valence-corrected chi connectivity index (χ4v) is 3.93. The number of amides is 2. The molecule has 0 aliphatic heterocycles. The Bertz CT molecular complexity index is 1280. The normalized spacial score (nSPS) is 10.6. The number of nitrogens with one attached hydrogen (secondary N) is 2. The molecule has 4 aromatic rings. The van der Waals surface area contributed by atoms with E-state index in [-0.39, 0.29) is 17.6 Å². The number of benzene rings is 2. The lowest BCUT2D eigenvalue weighted by Gasteiger charge is -2.09. The maximum absolute atomic E-state index is 12.4. The molecule has 2 aromatic carbocycles. The summed E-state index contributed by atoms with van der Waals surface area (Å²) in [6.07, 6.45) is 3.38. The second-order valence-electron chi connectivity index (χ2n) is 6.95. The third kappa shape index (κ3) is 5.57.